The number of aromatic nitrogens is 4. The number of fused-ring (bicyclic) bond motifs is 1. The van der Waals surface area contributed by atoms with Gasteiger partial charge in [0.05, 0.1) is 6.33 Å². The lowest BCUT2D eigenvalue weighted by atomic mass is 10.4. The Morgan fingerprint density at radius 1 is 1.41 bits per heavy atom. The number of hydrogen-bond donors (Lipinski definition) is 1. The Morgan fingerprint density at radius 2 is 2.18 bits per heavy atom. The number of anilines is 1. The minimum absolute atomic E-state index is 0.249. The fourth-order valence-corrected chi connectivity index (χ4v) is 1.80. The van der Waals surface area contributed by atoms with Crippen LogP contribution in [0.3, 0.4) is 0 Å². The molecule has 0 bridgehead atoms. The van der Waals surface area contributed by atoms with Crippen molar-refractivity contribution < 1.29 is 0 Å². The molecule has 0 unspecified atom stereocenters. The van der Waals surface area contributed by atoms with E-state index in [4.69, 9.17) is 11.6 Å². The largest absolute Gasteiger partial charge is 0.368 e. The molecule has 0 atom stereocenters. The van der Waals surface area contributed by atoms with E-state index in [1.807, 2.05) is 4.57 Å². The molecule has 0 aliphatic carbocycles. The normalized spacial score (nSPS) is 11.4. The first-order chi connectivity index (χ1) is 8.13. The van der Waals surface area contributed by atoms with Gasteiger partial charge < -0.3 is 9.88 Å². The van der Waals surface area contributed by atoms with Gasteiger partial charge in [-0.1, -0.05) is 6.92 Å². The number of rotatable bonds is 4. The van der Waals surface area contributed by atoms with Crippen molar-refractivity contribution in [2.24, 2.45) is 0 Å². The molecule has 0 aromatic carbocycles. The molecule has 0 fully saturated rings. The molecule has 2 heterocycles. The molecule has 0 spiro atoms. The number of hydrogen-bond acceptors (Lipinski definition) is 4. The third kappa shape index (κ3) is 2.34. The fraction of sp³-hybridized carbons (Fsp3) is 0.545. The van der Waals surface area contributed by atoms with Gasteiger partial charge in [0.15, 0.2) is 17.0 Å². The van der Waals surface area contributed by atoms with Gasteiger partial charge in [0, 0.05) is 12.6 Å². The molecule has 2 aromatic heterocycles. The predicted octanol–water partition coefficient (Wildman–Crippen LogP) is 2.88. The molecule has 0 saturated carbocycles. The molecule has 0 aliphatic heterocycles. The summed E-state index contributed by atoms with van der Waals surface area (Å²) in [6, 6.07) is 0.296. The van der Waals surface area contributed by atoms with Crippen LogP contribution in [0.2, 0.25) is 5.28 Å². The second-order valence-corrected chi connectivity index (χ2v) is 4.52. The van der Waals surface area contributed by atoms with Crippen molar-refractivity contribution in [3.8, 4) is 0 Å². The summed E-state index contributed by atoms with van der Waals surface area (Å²) in [6.45, 7) is 7.10. The average Bonchev–Trinajstić information content (AvgIpc) is 2.69. The topological polar surface area (TPSA) is 55.6 Å². The summed E-state index contributed by atoms with van der Waals surface area (Å²) >= 11 is 5.93. The standard InChI is InChI=1S/C11H16ClN5/c1-4-5-13-9-8-10(16-11(12)15-9)17(6-14-8)7(2)3/h6-7H,4-5H2,1-3H3,(H,13,15,16). The molecule has 0 amide bonds. The van der Waals surface area contributed by atoms with Crippen LogP contribution in [0.1, 0.15) is 33.2 Å². The summed E-state index contributed by atoms with van der Waals surface area (Å²) in [5.74, 6) is 0.709. The molecular formula is C11H16ClN5. The van der Waals surface area contributed by atoms with Crippen molar-refractivity contribution in [3.05, 3.63) is 11.6 Å². The fourth-order valence-electron chi connectivity index (χ4n) is 1.63. The first kappa shape index (κ1) is 12.1. The Labute approximate surface area is 105 Å². The van der Waals surface area contributed by atoms with E-state index >= 15 is 0 Å². The zero-order chi connectivity index (χ0) is 12.4. The van der Waals surface area contributed by atoms with Gasteiger partial charge in [-0.2, -0.15) is 9.97 Å². The van der Waals surface area contributed by atoms with Crippen molar-refractivity contribution in [1.29, 1.82) is 0 Å². The van der Waals surface area contributed by atoms with Crippen LogP contribution in [0.15, 0.2) is 6.33 Å². The molecule has 0 aliphatic rings. The number of imidazole rings is 1. The SMILES string of the molecule is CCCNc1nc(Cl)nc2c1ncn2C(C)C. The van der Waals surface area contributed by atoms with Gasteiger partial charge in [0.2, 0.25) is 5.28 Å². The van der Waals surface area contributed by atoms with Gasteiger partial charge in [-0.05, 0) is 31.9 Å². The van der Waals surface area contributed by atoms with Crippen LogP contribution in [0, 0.1) is 0 Å². The Kier molecular flexibility index (Phi) is 3.47. The minimum Gasteiger partial charge on any atom is -0.368 e. The summed E-state index contributed by atoms with van der Waals surface area (Å²) in [4.78, 5) is 12.8. The van der Waals surface area contributed by atoms with Crippen LogP contribution in [0.25, 0.3) is 11.2 Å². The summed E-state index contributed by atoms with van der Waals surface area (Å²) < 4.78 is 1.99. The quantitative estimate of drug-likeness (QED) is 0.852. The van der Waals surface area contributed by atoms with E-state index < -0.39 is 0 Å². The first-order valence-electron chi connectivity index (χ1n) is 5.77. The van der Waals surface area contributed by atoms with E-state index in [1.54, 1.807) is 6.33 Å². The maximum Gasteiger partial charge on any atom is 0.226 e. The summed E-state index contributed by atoms with van der Waals surface area (Å²) in [5, 5.41) is 3.47. The van der Waals surface area contributed by atoms with E-state index in [0.29, 0.717) is 11.9 Å². The molecule has 17 heavy (non-hydrogen) atoms. The van der Waals surface area contributed by atoms with E-state index in [2.05, 4.69) is 41.0 Å². The Bertz CT molecular complexity index is 520. The highest BCUT2D eigenvalue weighted by Crippen LogP contribution is 2.22. The van der Waals surface area contributed by atoms with Gasteiger partial charge in [0.25, 0.3) is 0 Å². The molecule has 92 valence electrons. The van der Waals surface area contributed by atoms with Gasteiger partial charge in [0.1, 0.15) is 0 Å². The van der Waals surface area contributed by atoms with Gasteiger partial charge in [-0.25, -0.2) is 4.98 Å². The molecule has 5 nitrogen and oxygen atoms in total. The van der Waals surface area contributed by atoms with Crippen molar-refractivity contribution in [1.82, 2.24) is 19.5 Å². The Morgan fingerprint density at radius 3 is 2.82 bits per heavy atom. The highest BCUT2D eigenvalue weighted by Gasteiger charge is 2.13. The van der Waals surface area contributed by atoms with Crippen molar-refractivity contribution in [2.45, 2.75) is 33.2 Å². The number of nitrogens with one attached hydrogen (secondary N) is 1. The lowest BCUT2D eigenvalue weighted by Gasteiger charge is -2.08. The molecular weight excluding hydrogens is 238 g/mol. The third-order valence-electron chi connectivity index (χ3n) is 2.49. The molecule has 2 rings (SSSR count). The van der Waals surface area contributed by atoms with Gasteiger partial charge >= 0.3 is 0 Å². The van der Waals surface area contributed by atoms with Crippen LogP contribution in [-0.2, 0) is 0 Å². The van der Waals surface area contributed by atoms with Crippen molar-refractivity contribution >= 4 is 28.6 Å². The first-order valence-corrected chi connectivity index (χ1v) is 6.15. The zero-order valence-electron chi connectivity index (χ0n) is 10.2. The second kappa shape index (κ2) is 4.87. The van der Waals surface area contributed by atoms with Crippen LogP contribution in [0.4, 0.5) is 5.82 Å². The lowest BCUT2D eigenvalue weighted by molar-refractivity contribution is 0.612. The summed E-state index contributed by atoms with van der Waals surface area (Å²) in [7, 11) is 0. The highest BCUT2D eigenvalue weighted by molar-refractivity contribution is 6.28. The van der Waals surface area contributed by atoms with E-state index in [0.717, 1.165) is 24.1 Å². The van der Waals surface area contributed by atoms with Crippen LogP contribution >= 0.6 is 11.6 Å². The zero-order valence-corrected chi connectivity index (χ0v) is 11.0. The molecule has 2 aromatic rings. The Balaban J connectivity index is 2.53. The van der Waals surface area contributed by atoms with Crippen molar-refractivity contribution in [3.63, 3.8) is 0 Å². The Hall–Kier alpha value is -1.36. The molecule has 6 heteroatoms. The maximum absolute atomic E-state index is 5.93. The summed E-state index contributed by atoms with van der Waals surface area (Å²) in [5.41, 5.74) is 1.55. The maximum atomic E-state index is 5.93. The lowest BCUT2D eigenvalue weighted by Crippen LogP contribution is -2.05. The van der Waals surface area contributed by atoms with Crippen LogP contribution in [0.5, 0.6) is 0 Å². The number of nitrogens with zero attached hydrogens (tertiary/aromatic N) is 4. The second-order valence-electron chi connectivity index (χ2n) is 4.19. The van der Waals surface area contributed by atoms with E-state index in [-0.39, 0.29) is 5.28 Å². The van der Waals surface area contributed by atoms with Crippen molar-refractivity contribution in [2.75, 3.05) is 11.9 Å². The smallest absolute Gasteiger partial charge is 0.226 e. The molecule has 0 saturated heterocycles. The third-order valence-corrected chi connectivity index (χ3v) is 2.66. The van der Waals surface area contributed by atoms with E-state index in [9.17, 15) is 0 Å². The average molecular weight is 254 g/mol. The van der Waals surface area contributed by atoms with Gasteiger partial charge in [-0.15, -0.1) is 0 Å². The van der Waals surface area contributed by atoms with Gasteiger partial charge in [-0.3, -0.25) is 0 Å². The highest BCUT2D eigenvalue weighted by atomic mass is 35.5. The summed E-state index contributed by atoms with van der Waals surface area (Å²) in [6.07, 6.45) is 2.80. The van der Waals surface area contributed by atoms with Crippen LogP contribution in [-0.4, -0.2) is 26.1 Å². The molecule has 0 radical (unpaired) electrons. The predicted molar refractivity (Wildman–Crippen MR) is 69.5 cm³/mol. The monoisotopic (exact) mass is 253 g/mol. The number of halogens is 1. The van der Waals surface area contributed by atoms with E-state index in [1.165, 1.54) is 0 Å². The van der Waals surface area contributed by atoms with Crippen LogP contribution < -0.4 is 5.32 Å². The molecule has 1 N–H and O–H groups in total. The minimum atomic E-state index is 0.249.